The minimum atomic E-state index is 0. The average molecular weight is 295 g/mol. The minimum Gasteiger partial charge on any atom is 2.00 e. The Morgan fingerprint density at radius 2 is 1.00 bits per heavy atom. The Hall–Kier alpha value is 1.86. The first-order valence-electron chi connectivity index (χ1n) is 0.265. The van der Waals surface area contributed by atoms with Crippen LogP contribution >= 0.6 is 0 Å². The largest absolute Gasteiger partial charge is 4.00 e. The van der Waals surface area contributed by atoms with Crippen molar-refractivity contribution >= 4 is 0 Å². The maximum atomic E-state index is 7.94. The van der Waals surface area contributed by atoms with Crippen LogP contribution in [0, 0.1) is 0 Å². The van der Waals surface area contributed by atoms with E-state index in [9.17, 15) is 0 Å². The first kappa shape index (κ1) is 52.0. The second-order valence-corrected chi connectivity index (χ2v) is 0. The molecule has 0 saturated carbocycles. The molecule has 8 heavy (non-hydrogen) atoms. The van der Waals surface area contributed by atoms with E-state index in [1.807, 2.05) is 0 Å². The Balaban J connectivity index is -0.00000000167. The second-order valence-electron chi connectivity index (χ2n) is 0. The van der Waals surface area contributed by atoms with Crippen molar-refractivity contribution in [1.82, 2.24) is 0 Å². The Morgan fingerprint density at radius 1 is 1.00 bits per heavy atom. The van der Waals surface area contributed by atoms with E-state index in [-0.39, 0.29) is 52.1 Å². The molecule has 8 heteroatoms. The molecule has 0 aromatic heterocycles. The standard InChI is InChI=1S/Co.Ni.4O.Ti.Zn/q;;;;2*-2;+4;+2. The van der Waals surface area contributed by atoms with Gasteiger partial charge in [-0.1, -0.05) is 0 Å². The van der Waals surface area contributed by atoms with Crippen molar-refractivity contribution in [2.24, 2.45) is 0 Å². The van der Waals surface area contributed by atoms with Gasteiger partial charge in [0.2, 0.25) is 0 Å². The third-order valence-corrected chi connectivity index (χ3v) is 0. The van der Waals surface area contributed by atoms with Gasteiger partial charge in [-0.15, -0.1) is 0 Å². The van der Waals surface area contributed by atoms with Crippen molar-refractivity contribution in [3.63, 3.8) is 0 Å². The Kier molecular flexibility index (Phi) is 1030. The molecule has 0 N–H and O–H groups in total. The van der Waals surface area contributed by atoms with Crippen molar-refractivity contribution in [2.45, 2.75) is 0 Å². The van der Waals surface area contributed by atoms with E-state index in [2.05, 4.69) is 31.1 Å². The molecule has 0 rings (SSSR count). The van der Waals surface area contributed by atoms with Gasteiger partial charge in [-0.2, -0.15) is 0 Å². The summed E-state index contributed by atoms with van der Waals surface area (Å²) in [5, 5.41) is 0. The molecule has 0 bridgehead atoms. The predicted molar refractivity (Wildman–Crippen MR) is 2.75 cm³/mol. The number of hydrogen-bond acceptors (Lipinski definition) is 2. The fourth-order valence-electron chi connectivity index (χ4n) is 0. The van der Waals surface area contributed by atoms with Gasteiger partial charge < -0.3 is 11.0 Å². The summed E-state index contributed by atoms with van der Waals surface area (Å²) in [6.45, 7) is 0. The molecular weight excluding hydrogens is 295 g/mol. The van der Waals surface area contributed by atoms with Crippen molar-refractivity contribution in [2.75, 3.05) is 0 Å². The van der Waals surface area contributed by atoms with E-state index in [0.29, 0.717) is 0 Å². The van der Waals surface area contributed by atoms with E-state index < -0.39 is 0 Å². The van der Waals surface area contributed by atoms with E-state index in [0.717, 1.165) is 0 Å². The molecule has 0 aliphatic carbocycles. The maximum Gasteiger partial charge on any atom is 4.00 e. The quantitative estimate of drug-likeness (QED) is 0.564. The summed E-state index contributed by atoms with van der Waals surface area (Å²) in [5.41, 5.74) is 0. The number of hydrogen-bond donors (Lipinski definition) is 0. The van der Waals surface area contributed by atoms with Crippen LogP contribution in [-0.4, -0.2) is 0 Å². The zero-order chi connectivity index (χ0) is 4.00. The van der Waals surface area contributed by atoms with Crippen molar-refractivity contribution in [3.8, 4) is 0 Å². The summed E-state index contributed by atoms with van der Waals surface area (Å²) in [7, 11) is 0. The molecular formula is CoNiO4TiZn+2. The third kappa shape index (κ3) is 107. The van der Waals surface area contributed by atoms with Gasteiger partial charge in [-0.05, 0) is 0 Å². The van der Waals surface area contributed by atoms with Crippen LogP contribution in [0.4, 0.5) is 0 Å². The first-order valence-corrected chi connectivity index (χ1v) is 1.09. The van der Waals surface area contributed by atoms with Crippen LogP contribution in [0.25, 0.3) is 0 Å². The zero-order valence-electron chi connectivity index (χ0n) is 3.49. The maximum absolute atomic E-state index is 7.94. The topological polar surface area (TPSA) is 91.1 Å². The summed E-state index contributed by atoms with van der Waals surface area (Å²) in [4.78, 5) is 0. The van der Waals surface area contributed by atoms with E-state index in [4.69, 9.17) is 7.76 Å². The SMILES string of the molecule is [O-2].[O-2].[O]=[Co].[O]=[Ni].[Ti+4].[Zn+2]. The van der Waals surface area contributed by atoms with Crippen molar-refractivity contribution < 1.29 is 91.0 Å². The Bertz CT molecular complexity index is 18.0. The predicted octanol–water partition coefficient (Wildman–Crippen LogP) is -0.485. The van der Waals surface area contributed by atoms with Gasteiger partial charge in [0.15, 0.2) is 0 Å². The second kappa shape index (κ2) is 158. The van der Waals surface area contributed by atoms with Crippen LogP contribution in [0.15, 0.2) is 0 Å². The van der Waals surface area contributed by atoms with Gasteiger partial charge in [-0.3, -0.25) is 0 Å². The van der Waals surface area contributed by atoms with Crippen molar-refractivity contribution in [1.29, 1.82) is 0 Å². The molecule has 0 aliphatic rings. The minimum absolute atomic E-state index is 0. The summed E-state index contributed by atoms with van der Waals surface area (Å²) in [6, 6.07) is 0. The molecule has 0 spiro atoms. The van der Waals surface area contributed by atoms with Gasteiger partial charge in [0.1, 0.15) is 0 Å². The smallest absolute Gasteiger partial charge is 2.00 e. The van der Waals surface area contributed by atoms with Crippen LogP contribution in [-0.2, 0) is 91.0 Å². The Labute approximate surface area is 90.1 Å². The molecule has 0 aromatic carbocycles. The summed E-state index contributed by atoms with van der Waals surface area (Å²) in [5.74, 6) is 0. The summed E-state index contributed by atoms with van der Waals surface area (Å²) < 4.78 is 15.8. The molecule has 0 fully saturated rings. The molecule has 0 unspecified atom stereocenters. The van der Waals surface area contributed by atoms with Crippen LogP contribution in [0.1, 0.15) is 0 Å². The van der Waals surface area contributed by atoms with Gasteiger partial charge in [0.05, 0.1) is 0 Å². The third-order valence-electron chi connectivity index (χ3n) is 0. The van der Waals surface area contributed by atoms with Crippen LogP contribution < -0.4 is 0 Å². The van der Waals surface area contributed by atoms with Crippen LogP contribution in [0.5, 0.6) is 0 Å². The van der Waals surface area contributed by atoms with Gasteiger partial charge >= 0.3 is 80.0 Å². The fourth-order valence-corrected chi connectivity index (χ4v) is 0. The van der Waals surface area contributed by atoms with Crippen molar-refractivity contribution in [3.05, 3.63) is 0 Å². The summed E-state index contributed by atoms with van der Waals surface area (Å²) >= 11 is 4.94. The van der Waals surface area contributed by atoms with E-state index >= 15 is 0 Å². The molecule has 0 heterocycles. The molecule has 4 nitrogen and oxygen atoms in total. The molecule has 0 aliphatic heterocycles. The van der Waals surface area contributed by atoms with E-state index in [1.165, 1.54) is 0 Å². The monoisotopic (exact) mass is 293 g/mol. The van der Waals surface area contributed by atoms with Gasteiger partial charge in [0.25, 0.3) is 0 Å². The zero-order valence-corrected chi connectivity index (χ0v) is 10.0. The first-order chi connectivity index (χ1) is 2.00. The molecule has 0 radical (unpaired) electrons. The van der Waals surface area contributed by atoms with Crippen LogP contribution in [0.2, 0.25) is 0 Å². The Morgan fingerprint density at radius 3 is 1.00 bits per heavy atom. The summed E-state index contributed by atoms with van der Waals surface area (Å²) in [6.07, 6.45) is 0. The normalized spacial score (nSPS) is 1.38. The molecule has 0 amide bonds. The molecule has 0 atom stereocenters. The molecule has 47 valence electrons. The van der Waals surface area contributed by atoms with E-state index in [1.54, 1.807) is 0 Å². The van der Waals surface area contributed by atoms with Crippen LogP contribution in [0.3, 0.4) is 0 Å². The number of rotatable bonds is 0. The fraction of sp³-hybridized carbons (Fsp3) is 0. The van der Waals surface area contributed by atoms with Gasteiger partial charge in [-0.25, -0.2) is 0 Å². The van der Waals surface area contributed by atoms with Gasteiger partial charge in [0, 0.05) is 0 Å². The molecule has 0 saturated heterocycles. The molecule has 0 aromatic rings. The average Bonchev–Trinajstić information content (AvgIpc) is 1.50.